The Balaban J connectivity index is 1.87. The largest absolute Gasteiger partial charge is 0.497 e. The van der Waals surface area contributed by atoms with Crippen molar-refractivity contribution in [2.75, 3.05) is 13.7 Å². The second-order valence-corrected chi connectivity index (χ2v) is 8.22. The molecule has 2 aromatic rings. The fourth-order valence-electron chi connectivity index (χ4n) is 3.08. The molecule has 1 aliphatic carbocycles. The number of imidazole rings is 1. The van der Waals surface area contributed by atoms with Crippen molar-refractivity contribution in [1.82, 2.24) is 14.3 Å². The van der Waals surface area contributed by atoms with Crippen LogP contribution in [-0.4, -0.2) is 36.7 Å². The van der Waals surface area contributed by atoms with Gasteiger partial charge in [-0.25, -0.2) is 18.1 Å². The SMILES string of the molecule is COc1ccc2c(c1)C(O)(CNS(=O)(=O)c1ncn(C)c1Cl)CCC2. The molecule has 0 bridgehead atoms. The van der Waals surface area contributed by atoms with Gasteiger partial charge in [0.15, 0.2) is 0 Å². The number of hydrogen-bond donors (Lipinski definition) is 2. The third kappa shape index (κ3) is 3.39. The highest BCUT2D eigenvalue weighted by molar-refractivity contribution is 7.89. The Kier molecular flexibility index (Phi) is 4.80. The summed E-state index contributed by atoms with van der Waals surface area (Å²) >= 11 is 5.97. The first-order valence-corrected chi connectivity index (χ1v) is 9.69. The maximum atomic E-state index is 12.5. The molecule has 1 unspecified atom stereocenters. The van der Waals surface area contributed by atoms with Crippen LogP contribution >= 0.6 is 11.6 Å². The van der Waals surface area contributed by atoms with Gasteiger partial charge < -0.3 is 14.4 Å². The molecule has 1 aliphatic rings. The number of ether oxygens (including phenoxy) is 1. The van der Waals surface area contributed by atoms with E-state index in [2.05, 4.69) is 9.71 Å². The summed E-state index contributed by atoms with van der Waals surface area (Å²) in [5, 5.41) is 10.9. The molecule has 136 valence electrons. The normalized spacial score (nSPS) is 20.3. The number of fused-ring (bicyclic) bond motifs is 1. The van der Waals surface area contributed by atoms with Crippen LogP contribution in [0.25, 0.3) is 0 Å². The Morgan fingerprint density at radius 1 is 1.48 bits per heavy atom. The molecule has 1 atom stereocenters. The van der Waals surface area contributed by atoms with Crippen LogP contribution in [0.4, 0.5) is 0 Å². The molecule has 7 nitrogen and oxygen atoms in total. The second-order valence-electron chi connectivity index (χ2n) is 6.18. The minimum absolute atomic E-state index is 0.0187. The van der Waals surface area contributed by atoms with E-state index in [1.807, 2.05) is 12.1 Å². The molecule has 3 rings (SSSR count). The summed E-state index contributed by atoms with van der Waals surface area (Å²) in [6.07, 6.45) is 3.38. The first-order valence-electron chi connectivity index (χ1n) is 7.83. The molecule has 2 N–H and O–H groups in total. The van der Waals surface area contributed by atoms with Crippen LogP contribution in [0, 0.1) is 0 Å². The molecule has 1 aromatic carbocycles. The maximum Gasteiger partial charge on any atom is 0.261 e. The molecule has 0 aliphatic heterocycles. The van der Waals surface area contributed by atoms with Crippen molar-refractivity contribution < 1.29 is 18.3 Å². The quantitative estimate of drug-likeness (QED) is 0.815. The van der Waals surface area contributed by atoms with E-state index in [4.69, 9.17) is 16.3 Å². The van der Waals surface area contributed by atoms with E-state index < -0.39 is 15.6 Å². The van der Waals surface area contributed by atoms with Gasteiger partial charge in [-0.1, -0.05) is 17.7 Å². The van der Waals surface area contributed by atoms with Gasteiger partial charge in [0.25, 0.3) is 10.0 Å². The zero-order chi connectivity index (χ0) is 18.2. The molecule has 0 spiro atoms. The van der Waals surface area contributed by atoms with Crippen LogP contribution in [0.2, 0.25) is 5.15 Å². The average molecular weight is 386 g/mol. The van der Waals surface area contributed by atoms with E-state index >= 15 is 0 Å². The first-order chi connectivity index (χ1) is 11.8. The van der Waals surface area contributed by atoms with Gasteiger partial charge in [-0.15, -0.1) is 0 Å². The van der Waals surface area contributed by atoms with Crippen LogP contribution in [-0.2, 0) is 29.1 Å². The van der Waals surface area contributed by atoms with Crippen molar-refractivity contribution in [3.63, 3.8) is 0 Å². The van der Waals surface area contributed by atoms with E-state index in [1.165, 1.54) is 10.9 Å². The van der Waals surface area contributed by atoms with Crippen LogP contribution in [0.5, 0.6) is 5.75 Å². The summed E-state index contributed by atoms with van der Waals surface area (Å²) < 4.78 is 34.0. The predicted octanol–water partition coefficient (Wildman–Crippen LogP) is 1.58. The fourth-order valence-corrected chi connectivity index (χ4v) is 4.59. The van der Waals surface area contributed by atoms with Crippen molar-refractivity contribution in [2.45, 2.75) is 29.9 Å². The lowest BCUT2D eigenvalue weighted by Crippen LogP contribution is -2.43. The summed E-state index contributed by atoms with van der Waals surface area (Å²) in [6.45, 7) is -0.164. The zero-order valence-corrected chi connectivity index (χ0v) is 15.6. The molecule has 0 saturated carbocycles. The zero-order valence-electron chi connectivity index (χ0n) is 14.0. The van der Waals surface area contributed by atoms with Gasteiger partial charge in [-0.2, -0.15) is 0 Å². The Hall–Kier alpha value is -1.61. The van der Waals surface area contributed by atoms with Crippen LogP contribution in [0.1, 0.15) is 24.0 Å². The molecule has 0 saturated heterocycles. The smallest absolute Gasteiger partial charge is 0.261 e. The summed E-state index contributed by atoms with van der Waals surface area (Å²) in [5.41, 5.74) is 0.369. The van der Waals surface area contributed by atoms with Gasteiger partial charge in [0.2, 0.25) is 5.03 Å². The Bertz CT molecular complexity index is 897. The molecule has 0 amide bonds. The Morgan fingerprint density at radius 2 is 2.24 bits per heavy atom. The van der Waals surface area contributed by atoms with Crippen molar-refractivity contribution in [3.8, 4) is 5.75 Å². The minimum atomic E-state index is -3.93. The number of aliphatic hydroxyl groups is 1. The number of hydrogen-bond acceptors (Lipinski definition) is 5. The molecule has 9 heteroatoms. The monoisotopic (exact) mass is 385 g/mol. The van der Waals surface area contributed by atoms with Crippen molar-refractivity contribution in [3.05, 3.63) is 40.8 Å². The van der Waals surface area contributed by atoms with Gasteiger partial charge in [0.1, 0.15) is 16.5 Å². The lowest BCUT2D eigenvalue weighted by atomic mass is 9.79. The number of nitrogens with one attached hydrogen (secondary N) is 1. The van der Waals surface area contributed by atoms with Gasteiger partial charge in [0, 0.05) is 13.6 Å². The first kappa shape index (κ1) is 18.2. The number of halogens is 1. The van der Waals surface area contributed by atoms with E-state index in [1.54, 1.807) is 20.2 Å². The van der Waals surface area contributed by atoms with Crippen LogP contribution < -0.4 is 9.46 Å². The number of methoxy groups -OCH3 is 1. The lowest BCUT2D eigenvalue weighted by molar-refractivity contribution is 0.0241. The fraction of sp³-hybridized carbons (Fsp3) is 0.438. The summed E-state index contributed by atoms with van der Waals surface area (Å²) in [6, 6.07) is 5.50. The van der Waals surface area contributed by atoms with Gasteiger partial charge in [-0.05, 0) is 42.5 Å². The summed E-state index contributed by atoms with van der Waals surface area (Å²) in [4.78, 5) is 3.82. The van der Waals surface area contributed by atoms with E-state index in [-0.39, 0.29) is 16.7 Å². The van der Waals surface area contributed by atoms with Gasteiger partial charge >= 0.3 is 0 Å². The third-order valence-electron chi connectivity index (χ3n) is 4.50. The van der Waals surface area contributed by atoms with E-state index in [0.29, 0.717) is 17.7 Å². The highest BCUT2D eigenvalue weighted by atomic mass is 35.5. The number of aryl methyl sites for hydroxylation is 2. The third-order valence-corrected chi connectivity index (χ3v) is 6.39. The van der Waals surface area contributed by atoms with Crippen molar-refractivity contribution in [1.29, 1.82) is 0 Å². The van der Waals surface area contributed by atoms with Crippen molar-refractivity contribution >= 4 is 21.6 Å². The van der Waals surface area contributed by atoms with Crippen molar-refractivity contribution in [2.24, 2.45) is 7.05 Å². The van der Waals surface area contributed by atoms with Crippen LogP contribution in [0.15, 0.2) is 29.6 Å². The van der Waals surface area contributed by atoms with Gasteiger partial charge in [-0.3, -0.25) is 0 Å². The molecular weight excluding hydrogens is 366 g/mol. The van der Waals surface area contributed by atoms with Gasteiger partial charge in [0.05, 0.1) is 13.4 Å². The number of aromatic nitrogens is 2. The minimum Gasteiger partial charge on any atom is -0.497 e. The molecule has 0 radical (unpaired) electrons. The number of benzene rings is 1. The number of nitrogens with zero attached hydrogens (tertiary/aromatic N) is 2. The van der Waals surface area contributed by atoms with Crippen LogP contribution in [0.3, 0.4) is 0 Å². The lowest BCUT2D eigenvalue weighted by Gasteiger charge is -2.34. The summed E-state index contributed by atoms with van der Waals surface area (Å²) in [7, 11) is -0.777. The van der Waals surface area contributed by atoms with E-state index in [9.17, 15) is 13.5 Å². The highest BCUT2D eigenvalue weighted by Gasteiger charge is 2.36. The molecular formula is C16H20ClN3O4S. The maximum absolute atomic E-state index is 12.5. The highest BCUT2D eigenvalue weighted by Crippen LogP contribution is 2.37. The second kappa shape index (κ2) is 6.60. The number of rotatable bonds is 5. The topological polar surface area (TPSA) is 93.4 Å². The molecule has 1 heterocycles. The Morgan fingerprint density at radius 3 is 2.88 bits per heavy atom. The molecule has 25 heavy (non-hydrogen) atoms. The molecule has 1 aromatic heterocycles. The molecule has 0 fully saturated rings. The average Bonchev–Trinajstić information content (AvgIpc) is 2.93. The standard InChI is InChI=1S/C16H20ClN3O4S/c1-20-10-18-15(14(20)17)25(22,23)19-9-16(21)7-3-4-11-5-6-12(24-2)8-13(11)16/h5-6,8,10,19,21H,3-4,7,9H2,1-2H3. The predicted molar refractivity (Wildman–Crippen MR) is 93.2 cm³/mol. The number of sulfonamides is 1. The summed E-state index contributed by atoms with van der Waals surface area (Å²) in [5.74, 6) is 0.620. The van der Waals surface area contributed by atoms with E-state index in [0.717, 1.165) is 18.4 Å². The Labute approximate surface area is 151 Å².